The van der Waals surface area contributed by atoms with E-state index in [2.05, 4.69) is 16.3 Å². The van der Waals surface area contributed by atoms with Crippen LogP contribution in [0.25, 0.3) is 11.5 Å². The van der Waals surface area contributed by atoms with Crippen molar-refractivity contribution in [3.8, 4) is 11.5 Å². The Bertz CT molecular complexity index is 738. The van der Waals surface area contributed by atoms with Gasteiger partial charge in [0.1, 0.15) is 0 Å². The summed E-state index contributed by atoms with van der Waals surface area (Å²) in [5, 5.41) is 9.88. The molecule has 6 heteroatoms. The number of benzene rings is 1. The van der Waals surface area contributed by atoms with Crippen molar-refractivity contribution in [2.75, 3.05) is 0 Å². The first-order chi connectivity index (χ1) is 11.3. The molecule has 0 aliphatic heterocycles. The third-order valence-corrected chi connectivity index (χ3v) is 4.16. The number of rotatable bonds is 7. The molecule has 0 bridgehead atoms. The SMILES string of the molecule is O=C(CCCc1cccs1)OCc1nnc(-c2ccccc2)o1. The van der Waals surface area contributed by atoms with Crippen molar-refractivity contribution in [3.05, 3.63) is 58.6 Å². The normalized spacial score (nSPS) is 10.6. The van der Waals surface area contributed by atoms with Gasteiger partial charge in [-0.05, 0) is 36.4 Å². The van der Waals surface area contributed by atoms with E-state index in [0.29, 0.717) is 18.2 Å². The van der Waals surface area contributed by atoms with E-state index in [1.54, 1.807) is 11.3 Å². The smallest absolute Gasteiger partial charge is 0.306 e. The van der Waals surface area contributed by atoms with Gasteiger partial charge in [0.15, 0.2) is 6.61 Å². The van der Waals surface area contributed by atoms with Crippen molar-refractivity contribution < 1.29 is 13.9 Å². The number of nitrogens with zero attached hydrogens (tertiary/aromatic N) is 2. The van der Waals surface area contributed by atoms with Crippen molar-refractivity contribution in [1.29, 1.82) is 0 Å². The zero-order valence-corrected chi connectivity index (χ0v) is 13.3. The largest absolute Gasteiger partial charge is 0.456 e. The van der Waals surface area contributed by atoms with Gasteiger partial charge in [0, 0.05) is 16.9 Å². The molecule has 3 aromatic rings. The Morgan fingerprint density at radius 1 is 1.13 bits per heavy atom. The summed E-state index contributed by atoms with van der Waals surface area (Å²) < 4.78 is 10.7. The average Bonchev–Trinajstić information content (AvgIpc) is 3.25. The average molecular weight is 328 g/mol. The molecule has 0 N–H and O–H groups in total. The van der Waals surface area contributed by atoms with Crippen molar-refractivity contribution in [2.45, 2.75) is 25.9 Å². The molecule has 0 unspecified atom stereocenters. The van der Waals surface area contributed by atoms with Gasteiger partial charge in [-0.1, -0.05) is 24.3 Å². The number of ether oxygens (including phenoxy) is 1. The van der Waals surface area contributed by atoms with Gasteiger partial charge in [0.2, 0.25) is 5.89 Å². The first kappa shape index (κ1) is 15.4. The lowest BCUT2D eigenvalue weighted by molar-refractivity contribution is -0.145. The fourth-order valence-corrected chi connectivity index (χ4v) is 2.84. The highest BCUT2D eigenvalue weighted by atomic mass is 32.1. The van der Waals surface area contributed by atoms with Crippen LogP contribution in [-0.2, 0) is 22.6 Å². The summed E-state index contributed by atoms with van der Waals surface area (Å²) in [6, 6.07) is 13.6. The van der Waals surface area contributed by atoms with Gasteiger partial charge in [-0.15, -0.1) is 21.5 Å². The van der Waals surface area contributed by atoms with Crippen LogP contribution in [0.3, 0.4) is 0 Å². The molecule has 5 nitrogen and oxygen atoms in total. The lowest BCUT2D eigenvalue weighted by atomic mass is 10.2. The number of carbonyl (C=O) groups excluding carboxylic acids is 1. The lowest BCUT2D eigenvalue weighted by Gasteiger charge is -2.01. The van der Waals surface area contributed by atoms with Crippen molar-refractivity contribution in [3.63, 3.8) is 0 Å². The van der Waals surface area contributed by atoms with Crippen molar-refractivity contribution in [2.24, 2.45) is 0 Å². The number of thiophene rings is 1. The van der Waals surface area contributed by atoms with E-state index in [-0.39, 0.29) is 12.6 Å². The number of hydrogen-bond donors (Lipinski definition) is 0. The van der Waals surface area contributed by atoms with E-state index in [4.69, 9.17) is 9.15 Å². The lowest BCUT2D eigenvalue weighted by Crippen LogP contribution is -2.05. The van der Waals surface area contributed by atoms with Gasteiger partial charge < -0.3 is 9.15 Å². The predicted molar refractivity (Wildman–Crippen MR) is 86.8 cm³/mol. The zero-order valence-electron chi connectivity index (χ0n) is 12.5. The van der Waals surface area contributed by atoms with E-state index in [0.717, 1.165) is 18.4 Å². The van der Waals surface area contributed by atoms with Crippen LogP contribution in [-0.4, -0.2) is 16.2 Å². The summed E-state index contributed by atoms with van der Waals surface area (Å²) in [4.78, 5) is 13.0. The Hall–Kier alpha value is -2.47. The minimum atomic E-state index is -0.249. The summed E-state index contributed by atoms with van der Waals surface area (Å²) in [7, 11) is 0. The number of aryl methyl sites for hydroxylation is 1. The maximum atomic E-state index is 11.7. The molecular formula is C17H16N2O3S. The molecule has 1 aromatic carbocycles. The van der Waals surface area contributed by atoms with Crippen LogP contribution >= 0.6 is 11.3 Å². The highest BCUT2D eigenvalue weighted by Crippen LogP contribution is 2.17. The first-order valence-corrected chi connectivity index (χ1v) is 8.25. The summed E-state index contributed by atoms with van der Waals surface area (Å²) in [5.41, 5.74) is 0.841. The number of carbonyl (C=O) groups is 1. The van der Waals surface area contributed by atoms with Crippen molar-refractivity contribution in [1.82, 2.24) is 10.2 Å². The molecule has 3 rings (SSSR count). The van der Waals surface area contributed by atoms with Crippen LogP contribution in [0.1, 0.15) is 23.6 Å². The van der Waals surface area contributed by atoms with Gasteiger partial charge in [-0.3, -0.25) is 4.79 Å². The highest BCUT2D eigenvalue weighted by molar-refractivity contribution is 7.09. The second-order valence-electron chi connectivity index (χ2n) is 4.96. The van der Waals surface area contributed by atoms with Gasteiger partial charge in [-0.2, -0.15) is 0 Å². The van der Waals surface area contributed by atoms with Gasteiger partial charge in [0.05, 0.1) is 0 Å². The number of hydrogen-bond acceptors (Lipinski definition) is 6. The molecule has 23 heavy (non-hydrogen) atoms. The summed E-state index contributed by atoms with van der Waals surface area (Å²) in [6.45, 7) is 0.0116. The molecule has 0 saturated heterocycles. The van der Waals surface area contributed by atoms with E-state index in [1.165, 1.54) is 4.88 Å². The Labute approximate surface area is 137 Å². The second kappa shape index (κ2) is 7.69. The Balaban J connectivity index is 1.43. The molecule has 0 amide bonds. The fourth-order valence-electron chi connectivity index (χ4n) is 2.09. The van der Waals surface area contributed by atoms with Crippen LogP contribution in [0.15, 0.2) is 52.3 Å². The predicted octanol–water partition coefficient (Wildman–Crippen LogP) is 3.86. The molecule has 118 valence electrons. The van der Waals surface area contributed by atoms with Crippen LogP contribution in [0.2, 0.25) is 0 Å². The molecule has 0 spiro atoms. The first-order valence-electron chi connectivity index (χ1n) is 7.37. The monoisotopic (exact) mass is 328 g/mol. The Kier molecular flexibility index (Phi) is 5.16. The molecule has 0 aliphatic rings. The molecular weight excluding hydrogens is 312 g/mol. The van der Waals surface area contributed by atoms with E-state index in [9.17, 15) is 4.79 Å². The van der Waals surface area contributed by atoms with E-state index in [1.807, 2.05) is 41.8 Å². The van der Waals surface area contributed by atoms with Gasteiger partial charge in [0.25, 0.3) is 5.89 Å². The minimum absolute atomic E-state index is 0.0116. The van der Waals surface area contributed by atoms with Crippen molar-refractivity contribution >= 4 is 17.3 Å². The van der Waals surface area contributed by atoms with Crippen LogP contribution in [0.5, 0.6) is 0 Å². The zero-order chi connectivity index (χ0) is 15.9. The maximum absolute atomic E-state index is 11.7. The molecule has 2 aromatic heterocycles. The molecule has 0 aliphatic carbocycles. The van der Waals surface area contributed by atoms with E-state index >= 15 is 0 Å². The maximum Gasteiger partial charge on any atom is 0.306 e. The van der Waals surface area contributed by atoms with Crippen LogP contribution < -0.4 is 0 Å². The molecule has 2 heterocycles. The quantitative estimate of drug-likeness (QED) is 0.616. The molecule has 0 atom stereocenters. The summed E-state index contributed by atoms with van der Waals surface area (Å²) in [6.07, 6.45) is 2.06. The molecule has 0 fully saturated rings. The summed E-state index contributed by atoms with van der Waals surface area (Å²) in [5.74, 6) is 0.478. The second-order valence-corrected chi connectivity index (χ2v) is 5.99. The summed E-state index contributed by atoms with van der Waals surface area (Å²) >= 11 is 1.70. The topological polar surface area (TPSA) is 65.2 Å². The Morgan fingerprint density at radius 2 is 2.00 bits per heavy atom. The highest BCUT2D eigenvalue weighted by Gasteiger charge is 2.10. The third-order valence-electron chi connectivity index (χ3n) is 3.23. The molecule has 0 saturated carbocycles. The fraction of sp³-hybridized carbons (Fsp3) is 0.235. The number of aromatic nitrogens is 2. The molecule has 0 radical (unpaired) electrons. The standard InChI is InChI=1S/C17H16N2O3S/c20-16(10-4-8-14-9-5-11-23-14)21-12-15-18-19-17(22-15)13-6-2-1-3-7-13/h1-3,5-7,9,11H,4,8,10,12H2. The van der Waals surface area contributed by atoms with Gasteiger partial charge >= 0.3 is 5.97 Å². The van der Waals surface area contributed by atoms with Crippen LogP contribution in [0.4, 0.5) is 0 Å². The minimum Gasteiger partial charge on any atom is -0.456 e. The third kappa shape index (κ3) is 4.50. The Morgan fingerprint density at radius 3 is 2.78 bits per heavy atom. The number of esters is 1. The van der Waals surface area contributed by atoms with Gasteiger partial charge in [-0.25, -0.2) is 0 Å². The van der Waals surface area contributed by atoms with E-state index < -0.39 is 0 Å². The van der Waals surface area contributed by atoms with Crippen LogP contribution in [0, 0.1) is 0 Å².